The molecule has 2 rings (SSSR count). The van der Waals surface area contributed by atoms with Crippen LogP contribution >= 0.6 is 12.2 Å². The molecule has 2 aromatic rings. The first kappa shape index (κ1) is 15.5. The molecule has 1 aromatic carbocycles. The lowest BCUT2D eigenvalue weighted by atomic mass is 10.1. The maximum Gasteiger partial charge on any atom is 0.175 e. The second-order valence-corrected chi connectivity index (χ2v) is 5.67. The Morgan fingerprint density at radius 1 is 1.19 bits per heavy atom. The van der Waals surface area contributed by atoms with E-state index in [4.69, 9.17) is 12.2 Å². The van der Waals surface area contributed by atoms with Gasteiger partial charge in [0.2, 0.25) is 0 Å². The Kier molecular flexibility index (Phi) is 4.63. The normalized spacial score (nSPS) is 10.5. The third kappa shape index (κ3) is 3.42. The largest absolute Gasteiger partial charge is 0.332 e. The van der Waals surface area contributed by atoms with Gasteiger partial charge in [0, 0.05) is 12.2 Å². The highest BCUT2D eigenvalue weighted by molar-refractivity contribution is 7.80. The van der Waals surface area contributed by atoms with Gasteiger partial charge >= 0.3 is 0 Å². The average Bonchev–Trinajstić information content (AvgIpc) is 2.69. The number of benzene rings is 1. The van der Waals surface area contributed by atoms with E-state index in [2.05, 4.69) is 48.6 Å². The Bertz CT molecular complexity index is 673. The minimum absolute atomic E-state index is 0.587. The summed E-state index contributed by atoms with van der Waals surface area (Å²) in [6.07, 6.45) is 0. The fourth-order valence-corrected chi connectivity index (χ4v) is 2.62. The first-order valence-corrected chi connectivity index (χ1v) is 7.52. The predicted octanol–water partition coefficient (Wildman–Crippen LogP) is 3.95. The van der Waals surface area contributed by atoms with Gasteiger partial charge in [0.25, 0.3) is 0 Å². The molecule has 21 heavy (non-hydrogen) atoms. The number of hydrogen-bond donors (Lipinski definition) is 2. The lowest BCUT2D eigenvalue weighted by molar-refractivity contribution is 0.634. The van der Waals surface area contributed by atoms with E-state index in [1.165, 1.54) is 11.1 Å². The first-order chi connectivity index (χ1) is 9.92. The van der Waals surface area contributed by atoms with Gasteiger partial charge in [-0.05, 0) is 58.5 Å². The molecule has 0 saturated heterocycles. The van der Waals surface area contributed by atoms with E-state index in [1.807, 2.05) is 24.6 Å². The SMILES string of the molecule is CCn1nc(C)c(NC(=S)Nc2ccc(C)cc2C)c1C. The summed E-state index contributed by atoms with van der Waals surface area (Å²) >= 11 is 5.42. The van der Waals surface area contributed by atoms with Crippen LogP contribution in [-0.4, -0.2) is 14.9 Å². The van der Waals surface area contributed by atoms with Gasteiger partial charge in [0.05, 0.1) is 17.1 Å². The van der Waals surface area contributed by atoms with Crippen molar-refractivity contribution in [2.24, 2.45) is 0 Å². The number of nitrogens with zero attached hydrogens (tertiary/aromatic N) is 2. The maximum atomic E-state index is 5.42. The Labute approximate surface area is 131 Å². The second kappa shape index (κ2) is 6.26. The van der Waals surface area contributed by atoms with Gasteiger partial charge in [-0.15, -0.1) is 0 Å². The van der Waals surface area contributed by atoms with E-state index < -0.39 is 0 Å². The summed E-state index contributed by atoms with van der Waals surface area (Å²) in [6, 6.07) is 6.26. The van der Waals surface area contributed by atoms with Gasteiger partial charge in [-0.2, -0.15) is 5.10 Å². The topological polar surface area (TPSA) is 41.9 Å². The predicted molar refractivity (Wildman–Crippen MR) is 93.1 cm³/mol. The standard InChI is InChI=1S/C16H22N4S/c1-6-20-13(5)15(12(4)19-20)18-16(21)17-14-8-7-10(2)9-11(14)3/h7-9H,6H2,1-5H3,(H2,17,18,21). The molecular weight excluding hydrogens is 280 g/mol. The summed E-state index contributed by atoms with van der Waals surface area (Å²) in [6.45, 7) is 11.1. The van der Waals surface area contributed by atoms with Gasteiger partial charge in [-0.25, -0.2) is 0 Å². The van der Waals surface area contributed by atoms with Crippen LogP contribution in [-0.2, 0) is 6.54 Å². The molecule has 0 bridgehead atoms. The van der Waals surface area contributed by atoms with Gasteiger partial charge in [0.1, 0.15) is 0 Å². The van der Waals surface area contributed by atoms with E-state index >= 15 is 0 Å². The van der Waals surface area contributed by atoms with Gasteiger partial charge in [0.15, 0.2) is 5.11 Å². The average molecular weight is 302 g/mol. The number of thiocarbonyl (C=S) groups is 1. The third-order valence-electron chi connectivity index (χ3n) is 3.55. The molecule has 112 valence electrons. The zero-order chi connectivity index (χ0) is 15.6. The summed E-state index contributed by atoms with van der Waals surface area (Å²) in [5.74, 6) is 0. The van der Waals surface area contributed by atoms with Crippen molar-refractivity contribution >= 4 is 28.7 Å². The van der Waals surface area contributed by atoms with E-state index in [0.717, 1.165) is 29.3 Å². The number of anilines is 2. The lowest BCUT2D eigenvalue weighted by Crippen LogP contribution is -2.20. The van der Waals surface area contributed by atoms with Crippen LogP contribution < -0.4 is 10.6 Å². The molecule has 0 aliphatic rings. The van der Waals surface area contributed by atoms with E-state index in [-0.39, 0.29) is 0 Å². The number of hydrogen-bond acceptors (Lipinski definition) is 2. The van der Waals surface area contributed by atoms with Crippen molar-refractivity contribution < 1.29 is 0 Å². The Morgan fingerprint density at radius 2 is 1.90 bits per heavy atom. The fraction of sp³-hybridized carbons (Fsp3) is 0.375. The van der Waals surface area contributed by atoms with Gasteiger partial charge in [-0.1, -0.05) is 17.7 Å². The minimum atomic E-state index is 0.587. The lowest BCUT2D eigenvalue weighted by Gasteiger charge is -2.13. The molecular formula is C16H22N4S. The van der Waals surface area contributed by atoms with E-state index in [0.29, 0.717) is 5.11 Å². The second-order valence-electron chi connectivity index (χ2n) is 5.26. The van der Waals surface area contributed by atoms with Crippen LogP contribution in [0, 0.1) is 27.7 Å². The summed E-state index contributed by atoms with van der Waals surface area (Å²) < 4.78 is 1.97. The van der Waals surface area contributed by atoms with Crippen LogP contribution in [0.5, 0.6) is 0 Å². The minimum Gasteiger partial charge on any atom is -0.332 e. The quantitative estimate of drug-likeness (QED) is 0.843. The monoisotopic (exact) mass is 302 g/mol. The van der Waals surface area contributed by atoms with Gasteiger partial charge < -0.3 is 10.6 Å². The maximum absolute atomic E-state index is 5.42. The van der Waals surface area contributed by atoms with Crippen LogP contribution in [0.4, 0.5) is 11.4 Å². The molecule has 1 aromatic heterocycles. The van der Waals surface area contributed by atoms with Crippen LogP contribution in [0.15, 0.2) is 18.2 Å². The van der Waals surface area contributed by atoms with Crippen LogP contribution in [0.25, 0.3) is 0 Å². The molecule has 0 spiro atoms. The van der Waals surface area contributed by atoms with Crippen LogP contribution in [0.3, 0.4) is 0 Å². The van der Waals surface area contributed by atoms with E-state index in [1.54, 1.807) is 0 Å². The molecule has 0 saturated carbocycles. The zero-order valence-corrected chi connectivity index (χ0v) is 14.1. The highest BCUT2D eigenvalue weighted by Crippen LogP contribution is 2.21. The summed E-state index contributed by atoms with van der Waals surface area (Å²) in [7, 11) is 0. The molecule has 0 aliphatic heterocycles. The fourth-order valence-electron chi connectivity index (χ4n) is 2.41. The van der Waals surface area contributed by atoms with E-state index in [9.17, 15) is 0 Å². The molecule has 0 amide bonds. The Morgan fingerprint density at radius 3 is 2.48 bits per heavy atom. The summed E-state index contributed by atoms with van der Waals surface area (Å²) in [5, 5.41) is 11.6. The van der Waals surface area contributed by atoms with Crippen molar-refractivity contribution in [2.75, 3.05) is 10.6 Å². The van der Waals surface area contributed by atoms with Gasteiger partial charge in [-0.3, -0.25) is 4.68 Å². The molecule has 0 aliphatic carbocycles. The molecule has 2 N–H and O–H groups in total. The number of aromatic nitrogens is 2. The highest BCUT2D eigenvalue weighted by Gasteiger charge is 2.12. The molecule has 0 unspecified atom stereocenters. The first-order valence-electron chi connectivity index (χ1n) is 7.11. The molecule has 1 heterocycles. The Hall–Kier alpha value is -1.88. The zero-order valence-electron chi connectivity index (χ0n) is 13.2. The molecule has 5 heteroatoms. The van der Waals surface area contributed by atoms with Crippen LogP contribution in [0.1, 0.15) is 29.4 Å². The number of aryl methyl sites for hydroxylation is 4. The number of rotatable bonds is 3. The van der Waals surface area contributed by atoms with Crippen molar-refractivity contribution in [2.45, 2.75) is 41.2 Å². The number of nitrogens with one attached hydrogen (secondary N) is 2. The van der Waals surface area contributed by atoms with Crippen molar-refractivity contribution in [3.05, 3.63) is 40.7 Å². The Balaban J connectivity index is 2.13. The van der Waals surface area contributed by atoms with Crippen molar-refractivity contribution in [3.8, 4) is 0 Å². The van der Waals surface area contributed by atoms with Crippen LogP contribution in [0.2, 0.25) is 0 Å². The highest BCUT2D eigenvalue weighted by atomic mass is 32.1. The van der Waals surface area contributed by atoms with Crippen molar-refractivity contribution in [1.82, 2.24) is 9.78 Å². The van der Waals surface area contributed by atoms with Crippen molar-refractivity contribution in [3.63, 3.8) is 0 Å². The van der Waals surface area contributed by atoms with Crippen molar-refractivity contribution in [1.29, 1.82) is 0 Å². The summed E-state index contributed by atoms with van der Waals surface area (Å²) in [4.78, 5) is 0. The third-order valence-corrected chi connectivity index (χ3v) is 3.75. The summed E-state index contributed by atoms with van der Waals surface area (Å²) in [5.41, 5.74) is 6.49. The smallest absolute Gasteiger partial charge is 0.175 e. The molecule has 0 fully saturated rings. The molecule has 0 atom stereocenters. The molecule has 4 nitrogen and oxygen atoms in total. The molecule has 0 radical (unpaired) electrons.